The van der Waals surface area contributed by atoms with Crippen LogP contribution in [0.5, 0.6) is 0 Å². The monoisotopic (exact) mass is 112 g/mol. The number of hydrogen-bond acceptors (Lipinski definition) is 2. The quantitative estimate of drug-likeness (QED) is 0.307. The zero-order valence-electron chi connectivity index (χ0n) is 5.72. The Kier molecular flexibility index (Phi) is 10.0. The number of aliphatic hydroxyl groups excluding tert-OH is 1. The van der Waals surface area contributed by atoms with Gasteiger partial charge >= 0.3 is 29.6 Å². The van der Waals surface area contributed by atoms with Gasteiger partial charge in [-0.25, -0.2) is 0 Å². The van der Waals surface area contributed by atoms with Crippen molar-refractivity contribution in [2.45, 2.75) is 19.4 Å². The second kappa shape index (κ2) is 6.63. The van der Waals surface area contributed by atoms with Gasteiger partial charge in [0.25, 0.3) is 0 Å². The first kappa shape index (κ1) is 10.6. The Balaban J connectivity index is -0.000000125. The van der Waals surface area contributed by atoms with Gasteiger partial charge in [0.1, 0.15) is 6.29 Å². The Hall–Kier alpha value is 0.630. The number of hydrogen-bond donors (Lipinski definition) is 1. The van der Waals surface area contributed by atoms with Crippen LogP contribution in [0.25, 0.3) is 0 Å². The molecular weight excluding hydrogens is 103 g/mol. The van der Waals surface area contributed by atoms with E-state index in [1.54, 1.807) is 6.92 Å². The number of aldehydes is 1. The molecule has 0 aromatic rings. The Morgan fingerprint density at radius 3 is 2.43 bits per heavy atom. The van der Waals surface area contributed by atoms with E-state index < -0.39 is 6.10 Å². The van der Waals surface area contributed by atoms with Crippen molar-refractivity contribution in [3.05, 3.63) is 0 Å². The number of rotatable bonds is 2. The van der Waals surface area contributed by atoms with Crippen LogP contribution in [-0.2, 0) is 4.79 Å². The van der Waals surface area contributed by atoms with Crippen LogP contribution >= 0.6 is 0 Å². The molecular formula is C4H9NaO2. The van der Waals surface area contributed by atoms with Crippen LogP contribution in [0.2, 0.25) is 0 Å². The molecule has 0 amide bonds. The summed E-state index contributed by atoms with van der Waals surface area (Å²) in [5, 5.41) is 8.32. The van der Waals surface area contributed by atoms with Crippen molar-refractivity contribution >= 4 is 6.29 Å². The summed E-state index contributed by atoms with van der Waals surface area (Å²) < 4.78 is 0. The molecule has 0 heterocycles. The molecule has 0 rings (SSSR count). The van der Waals surface area contributed by atoms with Crippen molar-refractivity contribution < 1.29 is 40.9 Å². The maximum absolute atomic E-state index is 9.46. The third kappa shape index (κ3) is 10.8. The second-order valence-corrected chi connectivity index (χ2v) is 1.25. The minimum Gasteiger partial charge on any atom is -1.00 e. The zero-order valence-corrected chi connectivity index (χ0v) is 6.72. The first-order valence-electron chi connectivity index (χ1n) is 1.89. The fourth-order valence-electron chi connectivity index (χ4n) is 0.139. The van der Waals surface area contributed by atoms with E-state index >= 15 is 0 Å². The predicted octanol–water partition coefficient (Wildman–Crippen LogP) is -2.93. The molecule has 0 radical (unpaired) electrons. The molecule has 0 aliphatic carbocycles. The summed E-state index contributed by atoms with van der Waals surface area (Å²) in [6, 6.07) is 0. The predicted molar refractivity (Wildman–Crippen MR) is 23.5 cm³/mol. The Morgan fingerprint density at radius 2 is 2.43 bits per heavy atom. The van der Waals surface area contributed by atoms with Gasteiger partial charge in [-0.05, 0) is 6.92 Å². The minimum atomic E-state index is -0.470. The van der Waals surface area contributed by atoms with Gasteiger partial charge in [-0.1, -0.05) is 0 Å². The summed E-state index contributed by atoms with van der Waals surface area (Å²) in [5.74, 6) is 0. The molecule has 1 unspecified atom stereocenters. The molecule has 7 heavy (non-hydrogen) atoms. The Morgan fingerprint density at radius 1 is 2.00 bits per heavy atom. The SMILES string of the molecule is CC(O)CC=O.[H-].[Na+]. The molecule has 1 N–H and O–H groups in total. The topological polar surface area (TPSA) is 37.3 Å². The van der Waals surface area contributed by atoms with Gasteiger partial charge in [0.05, 0.1) is 6.10 Å². The van der Waals surface area contributed by atoms with Crippen LogP contribution in [0.15, 0.2) is 0 Å². The van der Waals surface area contributed by atoms with Crippen LogP contribution in [0, 0.1) is 0 Å². The molecule has 38 valence electrons. The van der Waals surface area contributed by atoms with Crippen molar-refractivity contribution in [1.29, 1.82) is 0 Å². The van der Waals surface area contributed by atoms with E-state index in [0.29, 0.717) is 6.29 Å². The van der Waals surface area contributed by atoms with Gasteiger partial charge in [-0.15, -0.1) is 0 Å². The van der Waals surface area contributed by atoms with Crippen LogP contribution in [0.1, 0.15) is 14.8 Å². The van der Waals surface area contributed by atoms with Crippen molar-refractivity contribution in [2.24, 2.45) is 0 Å². The zero-order chi connectivity index (χ0) is 4.99. The smallest absolute Gasteiger partial charge is 1.00 e. The molecule has 0 bridgehead atoms. The molecule has 0 spiro atoms. The summed E-state index contributed by atoms with van der Waals surface area (Å²) in [6.07, 6.45) is 0.479. The number of carbonyl (C=O) groups is 1. The third-order valence-electron chi connectivity index (χ3n) is 0.437. The van der Waals surface area contributed by atoms with E-state index in [4.69, 9.17) is 5.11 Å². The first-order valence-corrected chi connectivity index (χ1v) is 1.89. The van der Waals surface area contributed by atoms with Crippen LogP contribution in [-0.4, -0.2) is 17.5 Å². The van der Waals surface area contributed by atoms with E-state index in [9.17, 15) is 4.79 Å². The maximum Gasteiger partial charge on any atom is 1.00 e. The van der Waals surface area contributed by atoms with Crippen LogP contribution in [0.4, 0.5) is 0 Å². The largest absolute Gasteiger partial charge is 1.00 e. The van der Waals surface area contributed by atoms with Gasteiger partial charge in [0.15, 0.2) is 0 Å². The molecule has 3 heteroatoms. The minimum absolute atomic E-state index is 0. The summed E-state index contributed by atoms with van der Waals surface area (Å²) in [6.45, 7) is 1.58. The van der Waals surface area contributed by atoms with E-state index in [1.165, 1.54) is 0 Å². The van der Waals surface area contributed by atoms with Gasteiger partial charge < -0.3 is 11.3 Å². The van der Waals surface area contributed by atoms with Gasteiger partial charge in [0.2, 0.25) is 0 Å². The van der Waals surface area contributed by atoms with Crippen LogP contribution in [0.3, 0.4) is 0 Å². The Bertz CT molecular complexity index is 49.3. The number of carbonyl (C=O) groups excluding carboxylic acids is 1. The average Bonchev–Trinajstić information content (AvgIpc) is 1.35. The standard InChI is InChI=1S/C4H8O2.Na.H/c1-4(6)2-3-5;;/h3-4,6H,2H2,1H3;;/q;+1;-1. The van der Waals surface area contributed by atoms with Crippen molar-refractivity contribution in [1.82, 2.24) is 0 Å². The molecule has 0 saturated carbocycles. The van der Waals surface area contributed by atoms with E-state index in [1.807, 2.05) is 0 Å². The summed E-state index contributed by atoms with van der Waals surface area (Å²) in [4.78, 5) is 9.46. The molecule has 0 aliphatic rings. The summed E-state index contributed by atoms with van der Waals surface area (Å²) in [5.41, 5.74) is 0. The van der Waals surface area contributed by atoms with Crippen molar-refractivity contribution in [3.63, 3.8) is 0 Å². The normalized spacial score (nSPS) is 11.7. The molecule has 2 nitrogen and oxygen atoms in total. The molecule has 0 aromatic carbocycles. The van der Waals surface area contributed by atoms with E-state index in [-0.39, 0.29) is 37.4 Å². The summed E-state index contributed by atoms with van der Waals surface area (Å²) >= 11 is 0. The third-order valence-corrected chi connectivity index (χ3v) is 0.437. The van der Waals surface area contributed by atoms with E-state index in [2.05, 4.69) is 0 Å². The second-order valence-electron chi connectivity index (χ2n) is 1.25. The first-order chi connectivity index (χ1) is 2.77. The van der Waals surface area contributed by atoms with Gasteiger partial charge in [0, 0.05) is 6.42 Å². The van der Waals surface area contributed by atoms with Gasteiger partial charge in [-0.3, -0.25) is 0 Å². The maximum atomic E-state index is 9.46. The van der Waals surface area contributed by atoms with Crippen molar-refractivity contribution in [2.75, 3.05) is 0 Å². The number of aliphatic hydroxyl groups is 1. The average molecular weight is 112 g/mol. The fourth-order valence-corrected chi connectivity index (χ4v) is 0.139. The fraction of sp³-hybridized carbons (Fsp3) is 0.750. The Labute approximate surface area is 66.7 Å². The molecule has 0 aliphatic heterocycles. The molecule has 0 fully saturated rings. The van der Waals surface area contributed by atoms with E-state index in [0.717, 1.165) is 0 Å². The van der Waals surface area contributed by atoms with Crippen LogP contribution < -0.4 is 29.6 Å². The summed E-state index contributed by atoms with van der Waals surface area (Å²) in [7, 11) is 0. The molecule has 0 aromatic heterocycles. The van der Waals surface area contributed by atoms with Gasteiger partial charge in [-0.2, -0.15) is 0 Å². The molecule has 0 saturated heterocycles. The molecule has 1 atom stereocenters. The van der Waals surface area contributed by atoms with Crippen molar-refractivity contribution in [3.8, 4) is 0 Å².